The van der Waals surface area contributed by atoms with Gasteiger partial charge in [-0.2, -0.15) is 5.10 Å². The third-order valence-corrected chi connectivity index (χ3v) is 4.94. The molecule has 6 N–H and O–H groups in total. The maximum absolute atomic E-state index is 14.7. The molecular formula is C21H28FN7O2. The lowest BCUT2D eigenvalue weighted by Gasteiger charge is -2.23. The summed E-state index contributed by atoms with van der Waals surface area (Å²) in [7, 11) is 0. The second-order valence-electron chi connectivity index (χ2n) is 7.17. The molecule has 10 heteroatoms. The van der Waals surface area contributed by atoms with Crippen molar-refractivity contribution in [1.29, 1.82) is 0 Å². The van der Waals surface area contributed by atoms with Gasteiger partial charge in [0.2, 0.25) is 0 Å². The molecule has 1 amide bonds. The van der Waals surface area contributed by atoms with Crippen molar-refractivity contribution in [2.75, 3.05) is 23.8 Å². The fourth-order valence-corrected chi connectivity index (χ4v) is 3.21. The van der Waals surface area contributed by atoms with E-state index in [1.807, 2.05) is 36.7 Å². The van der Waals surface area contributed by atoms with Crippen LogP contribution in [0.3, 0.4) is 0 Å². The Hall–Kier alpha value is -3.24. The van der Waals surface area contributed by atoms with Gasteiger partial charge in [0.25, 0.3) is 5.91 Å². The van der Waals surface area contributed by atoms with Gasteiger partial charge >= 0.3 is 0 Å². The molecule has 2 atom stereocenters. The summed E-state index contributed by atoms with van der Waals surface area (Å²) < 4.78 is 22.0. The number of primary amides is 1. The van der Waals surface area contributed by atoms with Crippen molar-refractivity contribution in [2.45, 2.75) is 39.4 Å². The van der Waals surface area contributed by atoms with Gasteiger partial charge in [-0.15, -0.1) is 0 Å². The van der Waals surface area contributed by atoms with Crippen LogP contribution in [0, 0.1) is 5.82 Å². The fraction of sp³-hybridized carbons (Fsp3) is 0.381. The summed E-state index contributed by atoms with van der Waals surface area (Å²) in [6.07, 6.45) is 1.72. The molecule has 1 aromatic carbocycles. The average molecular weight is 430 g/mol. The number of carbonyl (C=O) groups excluding carboxylic acids is 1. The Bertz CT molecular complexity index is 1070. The number of ether oxygens (including phenoxy) is 1. The molecule has 2 aromatic heterocycles. The lowest BCUT2D eigenvalue weighted by molar-refractivity contribution is 0.100. The number of hydrogen-bond donors (Lipinski definition) is 4. The van der Waals surface area contributed by atoms with E-state index in [9.17, 15) is 9.18 Å². The third kappa shape index (κ3) is 4.92. The Morgan fingerprint density at radius 1 is 1.32 bits per heavy atom. The summed E-state index contributed by atoms with van der Waals surface area (Å²) in [4.78, 5) is 16.3. The van der Waals surface area contributed by atoms with E-state index in [1.54, 1.807) is 13.1 Å². The van der Waals surface area contributed by atoms with Crippen molar-refractivity contribution in [3.8, 4) is 0 Å². The molecule has 0 spiro atoms. The van der Waals surface area contributed by atoms with E-state index in [0.29, 0.717) is 18.8 Å². The average Bonchev–Trinajstić information content (AvgIpc) is 3.16. The second-order valence-corrected chi connectivity index (χ2v) is 7.17. The first-order valence-electron chi connectivity index (χ1n) is 10.2. The van der Waals surface area contributed by atoms with Gasteiger partial charge in [-0.25, -0.2) is 9.37 Å². The number of rotatable bonds is 10. The molecule has 0 aliphatic rings. The lowest BCUT2D eigenvalue weighted by Crippen LogP contribution is -2.42. The molecule has 0 unspecified atom stereocenters. The van der Waals surface area contributed by atoms with Crippen LogP contribution in [0.4, 0.5) is 21.7 Å². The van der Waals surface area contributed by atoms with Crippen LogP contribution in [0.2, 0.25) is 0 Å². The van der Waals surface area contributed by atoms with Gasteiger partial charge in [0.15, 0.2) is 11.6 Å². The molecule has 3 rings (SSSR count). The van der Waals surface area contributed by atoms with Crippen molar-refractivity contribution in [2.24, 2.45) is 11.5 Å². The molecule has 31 heavy (non-hydrogen) atoms. The number of anilines is 3. The number of aromatic nitrogens is 3. The minimum absolute atomic E-state index is 0.0501. The molecule has 0 aliphatic carbocycles. The zero-order valence-electron chi connectivity index (χ0n) is 17.9. The van der Waals surface area contributed by atoms with Crippen LogP contribution in [-0.4, -0.2) is 46.0 Å². The van der Waals surface area contributed by atoms with E-state index in [0.717, 1.165) is 17.0 Å². The highest BCUT2D eigenvalue weighted by Gasteiger charge is 2.21. The summed E-state index contributed by atoms with van der Waals surface area (Å²) in [5, 5.41) is 11.3. The molecule has 0 aliphatic heterocycles. The molecule has 0 bridgehead atoms. The molecular weight excluding hydrogens is 401 g/mol. The van der Waals surface area contributed by atoms with E-state index in [-0.39, 0.29) is 35.9 Å². The number of hydrogen-bond acceptors (Lipinski definition) is 7. The molecule has 0 saturated carbocycles. The zero-order valence-corrected chi connectivity index (χ0v) is 17.9. The number of aryl methyl sites for hydroxylation is 1. The van der Waals surface area contributed by atoms with Crippen LogP contribution in [-0.2, 0) is 11.3 Å². The zero-order chi connectivity index (χ0) is 22.5. The normalized spacial score (nSPS) is 13.2. The number of halogens is 1. The standard InChI is InChI=1S/C21H28FN7O2/c1-4-29-18-8-6-7-16(14(18)10-25-29)26-20-13(19(24)30)9-15(22)21(28-20)27-17(12(3)23)11-31-5-2/h6-10,12,17H,4-5,11,23H2,1-3H3,(H2,24,30)(H2,26,27,28)/t12-,17+/m0/s1. The molecule has 9 nitrogen and oxygen atoms in total. The second kappa shape index (κ2) is 9.71. The van der Waals surface area contributed by atoms with Crippen molar-refractivity contribution in [3.05, 3.63) is 41.8 Å². The van der Waals surface area contributed by atoms with Gasteiger partial charge in [0, 0.05) is 24.6 Å². The van der Waals surface area contributed by atoms with Crippen molar-refractivity contribution in [1.82, 2.24) is 14.8 Å². The lowest BCUT2D eigenvalue weighted by atomic mass is 10.1. The summed E-state index contributed by atoms with van der Waals surface area (Å²) >= 11 is 0. The Balaban J connectivity index is 2.00. The molecule has 3 aromatic rings. The monoisotopic (exact) mass is 429 g/mol. The topological polar surface area (TPSA) is 133 Å². The highest BCUT2D eigenvalue weighted by molar-refractivity contribution is 6.00. The highest BCUT2D eigenvalue weighted by Crippen LogP contribution is 2.29. The number of pyridine rings is 1. The predicted octanol–water partition coefficient (Wildman–Crippen LogP) is 2.60. The fourth-order valence-electron chi connectivity index (χ4n) is 3.21. The van der Waals surface area contributed by atoms with Crippen molar-refractivity contribution in [3.63, 3.8) is 0 Å². The maximum atomic E-state index is 14.7. The van der Waals surface area contributed by atoms with E-state index in [4.69, 9.17) is 16.2 Å². The van der Waals surface area contributed by atoms with Crippen molar-refractivity contribution < 1.29 is 13.9 Å². The minimum atomic E-state index is -0.796. The summed E-state index contributed by atoms with van der Waals surface area (Å²) in [6, 6.07) is 5.99. The van der Waals surface area contributed by atoms with Gasteiger partial charge in [-0.3, -0.25) is 9.48 Å². The van der Waals surface area contributed by atoms with Gasteiger partial charge in [-0.1, -0.05) is 6.07 Å². The smallest absolute Gasteiger partial charge is 0.252 e. The van der Waals surface area contributed by atoms with Gasteiger partial charge in [-0.05, 0) is 39.0 Å². The van der Waals surface area contributed by atoms with E-state index in [1.165, 1.54) is 0 Å². The first-order valence-corrected chi connectivity index (χ1v) is 10.2. The molecule has 0 saturated heterocycles. The molecule has 166 valence electrons. The number of benzene rings is 1. The van der Waals surface area contributed by atoms with Gasteiger partial charge in [0.05, 0.1) is 35.6 Å². The van der Waals surface area contributed by atoms with Crippen LogP contribution in [0.5, 0.6) is 0 Å². The third-order valence-electron chi connectivity index (χ3n) is 4.94. The predicted molar refractivity (Wildman–Crippen MR) is 119 cm³/mol. The highest BCUT2D eigenvalue weighted by atomic mass is 19.1. The van der Waals surface area contributed by atoms with Crippen LogP contribution in [0.1, 0.15) is 31.1 Å². The first kappa shape index (κ1) is 22.4. The van der Waals surface area contributed by atoms with Crippen LogP contribution >= 0.6 is 0 Å². The molecule has 0 radical (unpaired) electrons. The van der Waals surface area contributed by atoms with E-state index >= 15 is 0 Å². The summed E-state index contributed by atoms with van der Waals surface area (Å²) in [5.74, 6) is -1.42. The summed E-state index contributed by atoms with van der Waals surface area (Å²) in [5.41, 5.74) is 13.0. The van der Waals surface area contributed by atoms with Crippen LogP contribution in [0.15, 0.2) is 30.5 Å². The molecule has 0 fully saturated rings. The van der Waals surface area contributed by atoms with Crippen LogP contribution in [0.25, 0.3) is 10.9 Å². The van der Waals surface area contributed by atoms with E-state index < -0.39 is 11.7 Å². The number of nitrogens with two attached hydrogens (primary N) is 2. The quantitative estimate of drug-likeness (QED) is 0.389. The first-order chi connectivity index (χ1) is 14.8. The molecule has 2 heterocycles. The largest absolute Gasteiger partial charge is 0.380 e. The van der Waals surface area contributed by atoms with Crippen molar-refractivity contribution >= 4 is 34.1 Å². The van der Waals surface area contributed by atoms with Gasteiger partial charge < -0.3 is 26.8 Å². The maximum Gasteiger partial charge on any atom is 0.252 e. The van der Waals surface area contributed by atoms with E-state index in [2.05, 4.69) is 20.7 Å². The Morgan fingerprint density at radius 3 is 2.74 bits per heavy atom. The van der Waals surface area contributed by atoms with Gasteiger partial charge in [0.1, 0.15) is 5.82 Å². The number of nitrogens with zero attached hydrogens (tertiary/aromatic N) is 3. The number of fused-ring (bicyclic) bond motifs is 1. The Morgan fingerprint density at radius 2 is 2.10 bits per heavy atom. The number of nitrogens with one attached hydrogen (secondary N) is 2. The van der Waals surface area contributed by atoms with Crippen LogP contribution < -0.4 is 22.1 Å². The SMILES string of the molecule is CCOC[C@@H](Nc1nc(Nc2cccc3c2cnn3CC)c(C(N)=O)cc1F)[C@H](C)N. The summed E-state index contributed by atoms with van der Waals surface area (Å²) in [6.45, 7) is 7.14. The number of amides is 1. The number of carbonyl (C=O) groups is 1. The Kier molecular flexibility index (Phi) is 7.03. The minimum Gasteiger partial charge on any atom is -0.380 e. The Labute approximate surface area is 180 Å².